The Hall–Kier alpha value is -0.850. The lowest BCUT2D eigenvalue weighted by Gasteiger charge is -2.33. The van der Waals surface area contributed by atoms with Gasteiger partial charge in [0.1, 0.15) is 5.15 Å². The fourth-order valence-corrected chi connectivity index (χ4v) is 3.26. The molecule has 1 saturated heterocycles. The largest absolute Gasteiger partial charge is 0.371 e. The summed E-state index contributed by atoms with van der Waals surface area (Å²) < 4.78 is 25.8. The van der Waals surface area contributed by atoms with Crippen molar-refractivity contribution < 1.29 is 8.42 Å². The molecular weight excluding hydrogens is 286 g/mol. The van der Waals surface area contributed by atoms with Crippen LogP contribution in [0, 0.1) is 0 Å². The highest BCUT2D eigenvalue weighted by atomic mass is 35.5. The normalized spacial score (nSPS) is 17.7. The minimum atomic E-state index is -3.11. The number of hydrogen-bond donors (Lipinski definition) is 1. The number of rotatable bonds is 4. The standard InChI is InChI=1S/C12H18ClN3O2S/c1-2-19(17,18)15-10-4-7-16(8-5-10)11-3-6-14-12(13)9-11/h3,6,9-10,15H,2,4-5,7-8H2,1H3. The van der Waals surface area contributed by atoms with Crippen molar-refractivity contribution in [2.45, 2.75) is 25.8 Å². The van der Waals surface area contributed by atoms with Gasteiger partial charge in [0.05, 0.1) is 5.75 Å². The van der Waals surface area contributed by atoms with Gasteiger partial charge < -0.3 is 4.90 Å². The van der Waals surface area contributed by atoms with Crippen LogP contribution in [0.1, 0.15) is 19.8 Å². The maximum atomic E-state index is 11.5. The molecule has 0 atom stereocenters. The average molecular weight is 304 g/mol. The number of nitrogens with zero attached hydrogens (tertiary/aromatic N) is 2. The lowest BCUT2D eigenvalue weighted by Crippen LogP contribution is -2.45. The second-order valence-electron chi connectivity index (χ2n) is 4.62. The van der Waals surface area contributed by atoms with Gasteiger partial charge in [-0.05, 0) is 31.9 Å². The molecule has 2 rings (SSSR count). The Bertz CT molecular complexity index is 528. The first-order chi connectivity index (χ1) is 9.00. The van der Waals surface area contributed by atoms with Crippen molar-refractivity contribution in [1.82, 2.24) is 9.71 Å². The maximum Gasteiger partial charge on any atom is 0.211 e. The Kier molecular flexibility index (Phi) is 4.65. The summed E-state index contributed by atoms with van der Waals surface area (Å²) >= 11 is 5.87. The molecule has 0 radical (unpaired) electrons. The van der Waals surface area contributed by atoms with E-state index in [4.69, 9.17) is 11.6 Å². The molecule has 0 saturated carbocycles. The molecule has 1 fully saturated rings. The second-order valence-corrected chi connectivity index (χ2v) is 7.05. The summed E-state index contributed by atoms with van der Waals surface area (Å²) in [5, 5.41) is 0.478. The molecule has 0 aliphatic carbocycles. The van der Waals surface area contributed by atoms with Crippen LogP contribution in [0.2, 0.25) is 5.15 Å². The number of hydrogen-bond acceptors (Lipinski definition) is 4. The van der Waals surface area contributed by atoms with Gasteiger partial charge in [0.2, 0.25) is 10.0 Å². The Morgan fingerprint density at radius 3 is 2.74 bits per heavy atom. The van der Waals surface area contributed by atoms with E-state index < -0.39 is 10.0 Å². The first-order valence-corrected chi connectivity index (χ1v) is 8.39. The summed E-state index contributed by atoms with van der Waals surface area (Å²) in [6, 6.07) is 3.79. The van der Waals surface area contributed by atoms with Gasteiger partial charge in [-0.25, -0.2) is 18.1 Å². The molecule has 1 aliphatic rings. The number of anilines is 1. The van der Waals surface area contributed by atoms with Crippen LogP contribution in [-0.4, -0.2) is 38.3 Å². The van der Waals surface area contributed by atoms with E-state index >= 15 is 0 Å². The zero-order chi connectivity index (χ0) is 13.9. The van der Waals surface area contributed by atoms with Gasteiger partial charge in [0.15, 0.2) is 0 Å². The van der Waals surface area contributed by atoms with E-state index in [1.54, 1.807) is 13.1 Å². The summed E-state index contributed by atoms with van der Waals surface area (Å²) in [7, 11) is -3.11. The first-order valence-electron chi connectivity index (χ1n) is 6.36. The second kappa shape index (κ2) is 6.07. The topological polar surface area (TPSA) is 62.3 Å². The summed E-state index contributed by atoms with van der Waals surface area (Å²) in [6.45, 7) is 3.28. The van der Waals surface area contributed by atoms with Crippen molar-refractivity contribution in [1.29, 1.82) is 0 Å². The molecule has 0 unspecified atom stereocenters. The summed E-state index contributed by atoms with van der Waals surface area (Å²) in [6.07, 6.45) is 3.29. The predicted octanol–water partition coefficient (Wildman–Crippen LogP) is 1.64. The molecule has 0 amide bonds. The molecule has 1 N–H and O–H groups in total. The molecule has 1 aliphatic heterocycles. The summed E-state index contributed by atoms with van der Waals surface area (Å²) in [5.41, 5.74) is 1.04. The Balaban J connectivity index is 1.93. The smallest absolute Gasteiger partial charge is 0.211 e. The highest BCUT2D eigenvalue weighted by molar-refractivity contribution is 7.89. The first kappa shape index (κ1) is 14.6. The van der Waals surface area contributed by atoms with Crippen molar-refractivity contribution in [3.8, 4) is 0 Å². The number of halogens is 1. The van der Waals surface area contributed by atoms with Gasteiger partial charge in [0, 0.05) is 31.0 Å². The van der Waals surface area contributed by atoms with Gasteiger partial charge in [-0.3, -0.25) is 0 Å². The average Bonchev–Trinajstić information content (AvgIpc) is 2.39. The van der Waals surface area contributed by atoms with Gasteiger partial charge in [-0.1, -0.05) is 11.6 Å². The highest BCUT2D eigenvalue weighted by Crippen LogP contribution is 2.22. The van der Waals surface area contributed by atoms with E-state index in [1.165, 1.54) is 0 Å². The lowest BCUT2D eigenvalue weighted by molar-refractivity contribution is 0.460. The number of aromatic nitrogens is 1. The summed E-state index contributed by atoms with van der Waals surface area (Å²) in [5.74, 6) is 0.132. The van der Waals surface area contributed by atoms with Crippen molar-refractivity contribution in [3.63, 3.8) is 0 Å². The lowest BCUT2D eigenvalue weighted by atomic mass is 10.1. The maximum absolute atomic E-state index is 11.5. The molecule has 106 valence electrons. The fraction of sp³-hybridized carbons (Fsp3) is 0.583. The fourth-order valence-electron chi connectivity index (χ4n) is 2.18. The zero-order valence-corrected chi connectivity index (χ0v) is 12.4. The molecular formula is C12H18ClN3O2S. The quantitative estimate of drug-likeness (QED) is 0.859. The van der Waals surface area contributed by atoms with Crippen LogP contribution in [-0.2, 0) is 10.0 Å². The van der Waals surface area contributed by atoms with E-state index in [-0.39, 0.29) is 11.8 Å². The van der Waals surface area contributed by atoms with Crippen LogP contribution in [0.4, 0.5) is 5.69 Å². The van der Waals surface area contributed by atoms with Crippen molar-refractivity contribution >= 4 is 27.3 Å². The minimum absolute atomic E-state index is 0.0403. The molecule has 0 aromatic carbocycles. The van der Waals surface area contributed by atoms with E-state index in [9.17, 15) is 8.42 Å². The van der Waals surface area contributed by atoms with Crippen LogP contribution in [0.15, 0.2) is 18.3 Å². The van der Waals surface area contributed by atoms with E-state index in [0.717, 1.165) is 31.6 Å². The van der Waals surface area contributed by atoms with Crippen molar-refractivity contribution in [2.24, 2.45) is 0 Å². The Morgan fingerprint density at radius 1 is 1.47 bits per heavy atom. The molecule has 7 heteroatoms. The van der Waals surface area contributed by atoms with Gasteiger partial charge in [-0.2, -0.15) is 0 Å². The predicted molar refractivity (Wildman–Crippen MR) is 77.1 cm³/mol. The number of pyridine rings is 1. The molecule has 2 heterocycles. The number of piperidine rings is 1. The van der Waals surface area contributed by atoms with E-state index in [1.807, 2.05) is 12.1 Å². The number of sulfonamides is 1. The highest BCUT2D eigenvalue weighted by Gasteiger charge is 2.22. The van der Waals surface area contributed by atoms with Crippen LogP contribution < -0.4 is 9.62 Å². The van der Waals surface area contributed by atoms with Gasteiger partial charge >= 0.3 is 0 Å². The monoisotopic (exact) mass is 303 g/mol. The number of nitrogens with one attached hydrogen (secondary N) is 1. The zero-order valence-electron chi connectivity index (χ0n) is 10.8. The van der Waals surface area contributed by atoms with Crippen LogP contribution >= 0.6 is 11.6 Å². The van der Waals surface area contributed by atoms with E-state index in [0.29, 0.717) is 5.15 Å². The minimum Gasteiger partial charge on any atom is -0.371 e. The third-order valence-electron chi connectivity index (χ3n) is 3.30. The van der Waals surface area contributed by atoms with Crippen LogP contribution in [0.25, 0.3) is 0 Å². The third kappa shape index (κ3) is 4.06. The molecule has 19 heavy (non-hydrogen) atoms. The molecule has 0 spiro atoms. The molecule has 1 aromatic heterocycles. The van der Waals surface area contributed by atoms with Gasteiger partial charge in [-0.15, -0.1) is 0 Å². The van der Waals surface area contributed by atoms with Crippen molar-refractivity contribution in [3.05, 3.63) is 23.5 Å². The molecule has 5 nitrogen and oxygen atoms in total. The Labute approximate surface area is 119 Å². The molecule has 1 aromatic rings. The third-order valence-corrected chi connectivity index (χ3v) is 4.96. The van der Waals surface area contributed by atoms with Crippen molar-refractivity contribution in [2.75, 3.05) is 23.7 Å². The van der Waals surface area contributed by atoms with E-state index in [2.05, 4.69) is 14.6 Å². The van der Waals surface area contributed by atoms with Crippen LogP contribution in [0.5, 0.6) is 0 Å². The molecule has 0 bridgehead atoms. The van der Waals surface area contributed by atoms with Gasteiger partial charge in [0.25, 0.3) is 0 Å². The summed E-state index contributed by atoms with van der Waals surface area (Å²) in [4.78, 5) is 6.15. The Morgan fingerprint density at radius 2 is 2.16 bits per heavy atom. The SMILES string of the molecule is CCS(=O)(=O)NC1CCN(c2ccnc(Cl)c2)CC1. The van der Waals surface area contributed by atoms with Crippen LogP contribution in [0.3, 0.4) is 0 Å².